The molecule has 4 rings (SSSR count). The van der Waals surface area contributed by atoms with Gasteiger partial charge in [0.05, 0.1) is 30.8 Å². The van der Waals surface area contributed by atoms with Crippen molar-refractivity contribution in [3.05, 3.63) is 87.6 Å². The average molecular weight is 421 g/mol. The number of para-hydroxylation sites is 1. The van der Waals surface area contributed by atoms with Gasteiger partial charge in [-0.2, -0.15) is 0 Å². The van der Waals surface area contributed by atoms with Crippen LogP contribution >= 0.6 is 11.3 Å². The van der Waals surface area contributed by atoms with Crippen molar-refractivity contribution in [1.29, 1.82) is 0 Å². The predicted molar refractivity (Wildman–Crippen MR) is 113 cm³/mol. The molecule has 2 N–H and O–H groups in total. The molecule has 2 aromatic carbocycles. The molecule has 1 atom stereocenters. The Kier molecular flexibility index (Phi) is 5.29. The van der Waals surface area contributed by atoms with Crippen molar-refractivity contribution in [3.63, 3.8) is 0 Å². The normalized spacial score (nSPS) is 18.0. The molecule has 3 aromatic rings. The molecule has 1 aliphatic rings. The highest BCUT2D eigenvalue weighted by Crippen LogP contribution is 2.42. The first-order valence-electron chi connectivity index (χ1n) is 9.24. The summed E-state index contributed by atoms with van der Waals surface area (Å²) in [5.41, 5.74) is 0.935. The summed E-state index contributed by atoms with van der Waals surface area (Å²) in [6.07, 6.45) is 0. The van der Waals surface area contributed by atoms with Crippen LogP contribution in [0.25, 0.3) is 5.76 Å². The molecule has 0 radical (unpaired) electrons. The Balaban J connectivity index is 1.89. The highest BCUT2D eigenvalue weighted by molar-refractivity contribution is 7.09. The minimum absolute atomic E-state index is 0.00764. The monoisotopic (exact) mass is 421 g/mol. The van der Waals surface area contributed by atoms with Crippen LogP contribution in [0.3, 0.4) is 0 Å². The number of aliphatic hydroxyl groups excluding tert-OH is 1. The van der Waals surface area contributed by atoms with E-state index >= 15 is 0 Å². The third-order valence-electron chi connectivity index (χ3n) is 5.02. The standard InChI is InChI=1S/C23H19NO5S/c1-29-18-7-3-2-6-17(18)21(26)19-20(14-8-10-15(25)11-9-14)24(23(28)22(19)27)13-16-5-4-12-30-16/h2-12,20,25-26H,13H2,1H3/b21-19-. The topological polar surface area (TPSA) is 87.1 Å². The lowest BCUT2D eigenvalue weighted by atomic mass is 9.95. The first-order valence-corrected chi connectivity index (χ1v) is 10.1. The summed E-state index contributed by atoms with van der Waals surface area (Å²) in [6, 6.07) is 16.0. The van der Waals surface area contributed by atoms with E-state index in [1.807, 2.05) is 17.5 Å². The van der Waals surface area contributed by atoms with E-state index in [9.17, 15) is 19.8 Å². The number of benzene rings is 2. The number of amides is 1. The molecule has 1 amide bonds. The van der Waals surface area contributed by atoms with Crippen LogP contribution in [0, 0.1) is 0 Å². The number of hydrogen-bond donors (Lipinski definition) is 2. The van der Waals surface area contributed by atoms with Crippen LogP contribution in [0.4, 0.5) is 0 Å². The van der Waals surface area contributed by atoms with Gasteiger partial charge in [0, 0.05) is 4.88 Å². The number of hydrogen-bond acceptors (Lipinski definition) is 6. The maximum absolute atomic E-state index is 13.0. The molecular formula is C23H19NO5S. The number of carbonyl (C=O) groups is 2. The minimum atomic E-state index is -0.794. The van der Waals surface area contributed by atoms with Gasteiger partial charge >= 0.3 is 0 Å². The van der Waals surface area contributed by atoms with E-state index < -0.39 is 17.7 Å². The number of ether oxygens (including phenoxy) is 1. The summed E-state index contributed by atoms with van der Waals surface area (Å²) in [4.78, 5) is 28.3. The van der Waals surface area contributed by atoms with Gasteiger partial charge in [0.2, 0.25) is 0 Å². The Morgan fingerprint density at radius 1 is 1.07 bits per heavy atom. The summed E-state index contributed by atoms with van der Waals surface area (Å²) in [5.74, 6) is -1.27. The molecule has 1 aromatic heterocycles. The van der Waals surface area contributed by atoms with Gasteiger partial charge in [0.15, 0.2) is 0 Å². The van der Waals surface area contributed by atoms with Crippen LogP contribution in [-0.2, 0) is 16.1 Å². The Hall–Kier alpha value is -3.58. The molecule has 0 spiro atoms. The molecule has 2 heterocycles. The first-order chi connectivity index (χ1) is 14.5. The van der Waals surface area contributed by atoms with Gasteiger partial charge in [0.25, 0.3) is 11.7 Å². The van der Waals surface area contributed by atoms with Gasteiger partial charge in [-0.15, -0.1) is 11.3 Å². The van der Waals surface area contributed by atoms with Gasteiger partial charge < -0.3 is 19.8 Å². The van der Waals surface area contributed by atoms with E-state index in [0.29, 0.717) is 16.9 Å². The zero-order valence-electron chi connectivity index (χ0n) is 16.1. The highest BCUT2D eigenvalue weighted by Gasteiger charge is 2.46. The number of nitrogens with zero attached hydrogens (tertiary/aromatic N) is 1. The zero-order chi connectivity index (χ0) is 21.3. The third-order valence-corrected chi connectivity index (χ3v) is 5.88. The Morgan fingerprint density at radius 3 is 2.47 bits per heavy atom. The number of phenolic OH excluding ortho intramolecular Hbond substituents is 1. The van der Waals surface area contributed by atoms with Crippen molar-refractivity contribution in [1.82, 2.24) is 4.90 Å². The Bertz CT molecular complexity index is 1120. The molecule has 0 bridgehead atoms. The van der Waals surface area contributed by atoms with Crippen molar-refractivity contribution >= 4 is 28.8 Å². The van der Waals surface area contributed by atoms with E-state index in [4.69, 9.17) is 4.74 Å². The number of ketones is 1. The summed E-state index contributed by atoms with van der Waals surface area (Å²) in [7, 11) is 1.47. The number of carbonyl (C=O) groups excluding carboxylic acids is 2. The summed E-state index contributed by atoms with van der Waals surface area (Å²) in [5, 5.41) is 22.7. The molecule has 7 heteroatoms. The molecule has 30 heavy (non-hydrogen) atoms. The quantitative estimate of drug-likeness (QED) is 0.368. The second-order valence-corrected chi connectivity index (χ2v) is 7.83. The number of methoxy groups -OCH3 is 1. The zero-order valence-corrected chi connectivity index (χ0v) is 16.9. The SMILES string of the molecule is COc1ccccc1/C(O)=C1/C(=O)C(=O)N(Cc2cccs2)C1c1ccc(O)cc1. The van der Waals surface area contributed by atoms with Gasteiger partial charge in [0.1, 0.15) is 17.3 Å². The van der Waals surface area contributed by atoms with E-state index in [2.05, 4.69) is 0 Å². The summed E-state index contributed by atoms with van der Waals surface area (Å²) in [6.45, 7) is 0.233. The number of Topliss-reactive ketones (excluding diaryl/α,β-unsaturated/α-hetero) is 1. The third kappa shape index (κ3) is 3.44. The van der Waals surface area contributed by atoms with E-state index in [-0.39, 0.29) is 23.6 Å². The van der Waals surface area contributed by atoms with Gasteiger partial charge in [-0.25, -0.2) is 0 Å². The predicted octanol–water partition coefficient (Wildman–Crippen LogP) is 4.08. The van der Waals surface area contributed by atoms with Crippen molar-refractivity contribution < 1.29 is 24.5 Å². The largest absolute Gasteiger partial charge is 0.508 e. The van der Waals surface area contributed by atoms with Crippen LogP contribution in [0.2, 0.25) is 0 Å². The Morgan fingerprint density at radius 2 is 1.80 bits per heavy atom. The lowest BCUT2D eigenvalue weighted by Gasteiger charge is -2.25. The van der Waals surface area contributed by atoms with Crippen LogP contribution < -0.4 is 4.74 Å². The first kappa shape index (κ1) is 19.7. The fourth-order valence-corrected chi connectivity index (χ4v) is 4.30. The maximum Gasteiger partial charge on any atom is 0.295 e. The fraction of sp³-hybridized carbons (Fsp3) is 0.130. The number of thiophene rings is 1. The smallest absolute Gasteiger partial charge is 0.295 e. The highest BCUT2D eigenvalue weighted by atomic mass is 32.1. The molecule has 1 fully saturated rings. The number of aliphatic hydroxyl groups is 1. The molecule has 1 aliphatic heterocycles. The van der Waals surface area contributed by atoms with Crippen LogP contribution in [0.15, 0.2) is 71.6 Å². The van der Waals surface area contributed by atoms with Crippen LogP contribution in [0.1, 0.15) is 22.0 Å². The molecule has 1 unspecified atom stereocenters. The molecule has 152 valence electrons. The lowest BCUT2D eigenvalue weighted by molar-refractivity contribution is -0.140. The number of rotatable bonds is 5. The molecule has 1 saturated heterocycles. The molecular weight excluding hydrogens is 402 g/mol. The number of likely N-dealkylation sites (tertiary alicyclic amines) is 1. The van der Waals surface area contributed by atoms with Crippen molar-refractivity contribution in [2.24, 2.45) is 0 Å². The number of phenols is 1. The Labute approximate surface area is 177 Å². The van der Waals surface area contributed by atoms with Crippen LogP contribution in [0.5, 0.6) is 11.5 Å². The van der Waals surface area contributed by atoms with Gasteiger partial charge in [-0.1, -0.05) is 30.3 Å². The summed E-state index contributed by atoms with van der Waals surface area (Å²) < 4.78 is 5.32. The molecule has 6 nitrogen and oxygen atoms in total. The lowest BCUT2D eigenvalue weighted by Crippen LogP contribution is -2.28. The van der Waals surface area contributed by atoms with Gasteiger partial charge in [-0.3, -0.25) is 9.59 Å². The summed E-state index contributed by atoms with van der Waals surface area (Å²) >= 11 is 1.48. The van der Waals surface area contributed by atoms with Crippen molar-refractivity contribution in [3.8, 4) is 11.5 Å². The molecule has 0 saturated carbocycles. The number of aromatic hydroxyl groups is 1. The second-order valence-electron chi connectivity index (χ2n) is 6.80. The second kappa shape index (κ2) is 8.04. The van der Waals surface area contributed by atoms with E-state index in [0.717, 1.165) is 4.88 Å². The van der Waals surface area contributed by atoms with E-state index in [1.165, 1.54) is 35.5 Å². The fourth-order valence-electron chi connectivity index (χ4n) is 3.60. The van der Waals surface area contributed by atoms with Gasteiger partial charge in [-0.05, 0) is 41.3 Å². The van der Waals surface area contributed by atoms with Crippen molar-refractivity contribution in [2.45, 2.75) is 12.6 Å². The van der Waals surface area contributed by atoms with Crippen LogP contribution in [-0.4, -0.2) is 33.9 Å². The molecule has 0 aliphatic carbocycles. The maximum atomic E-state index is 13.0. The van der Waals surface area contributed by atoms with Crippen molar-refractivity contribution in [2.75, 3.05) is 7.11 Å². The van der Waals surface area contributed by atoms with E-state index in [1.54, 1.807) is 36.4 Å². The average Bonchev–Trinajstić information content (AvgIpc) is 3.36. The minimum Gasteiger partial charge on any atom is -0.508 e.